The molecule has 0 heterocycles. The lowest BCUT2D eigenvalue weighted by Gasteiger charge is -2.31. The van der Waals surface area contributed by atoms with E-state index in [1.807, 2.05) is 0 Å². The second kappa shape index (κ2) is 8.44. The van der Waals surface area contributed by atoms with Gasteiger partial charge in [0.05, 0.1) is 0 Å². The summed E-state index contributed by atoms with van der Waals surface area (Å²) in [4.78, 5) is 12.6. The maximum Gasteiger partial charge on any atom is 0.159 e. The highest BCUT2D eigenvalue weighted by Crippen LogP contribution is 2.40. The zero-order valence-electron chi connectivity index (χ0n) is 13.9. The van der Waals surface area contributed by atoms with Gasteiger partial charge < -0.3 is 0 Å². The lowest BCUT2D eigenvalue weighted by molar-refractivity contribution is -0.116. The highest BCUT2D eigenvalue weighted by atomic mass is 16.1. The van der Waals surface area contributed by atoms with Crippen molar-refractivity contribution in [1.29, 1.82) is 0 Å². The summed E-state index contributed by atoms with van der Waals surface area (Å²) < 4.78 is 0. The van der Waals surface area contributed by atoms with Crippen LogP contribution >= 0.6 is 0 Å². The van der Waals surface area contributed by atoms with Crippen molar-refractivity contribution in [3.8, 4) is 0 Å². The van der Waals surface area contributed by atoms with Crippen LogP contribution in [0.1, 0.15) is 79.1 Å². The molecule has 0 aromatic heterocycles. The molecule has 0 saturated carbocycles. The first-order valence-electron chi connectivity index (χ1n) is 8.55. The Morgan fingerprint density at radius 2 is 1.40 bits per heavy atom. The van der Waals surface area contributed by atoms with E-state index >= 15 is 0 Å². The number of hydrogen-bond donors (Lipinski definition) is 0. The molecule has 1 heteroatoms. The largest absolute Gasteiger partial charge is 0.295 e. The highest BCUT2D eigenvalue weighted by Gasteiger charge is 2.30. The van der Waals surface area contributed by atoms with Crippen molar-refractivity contribution in [3.63, 3.8) is 0 Å². The van der Waals surface area contributed by atoms with E-state index in [1.165, 1.54) is 24.0 Å². The predicted octanol–water partition coefficient (Wildman–Crippen LogP) is 5.85. The molecule has 0 aromatic rings. The Labute approximate surface area is 125 Å². The standard InChI is InChI=1S/C19H32O/c1-6-10-15(8-3)18-14(5)12-13-17(20)19(18)16(9-4)11-7-2/h15-16H,5-13H2,1-4H3. The van der Waals surface area contributed by atoms with Crippen LogP contribution in [-0.4, -0.2) is 5.78 Å². The van der Waals surface area contributed by atoms with Gasteiger partial charge in [0.25, 0.3) is 0 Å². The van der Waals surface area contributed by atoms with Crippen LogP contribution in [0, 0.1) is 11.8 Å². The van der Waals surface area contributed by atoms with Crippen LogP contribution in [0.25, 0.3) is 0 Å². The Balaban J connectivity index is 3.27. The van der Waals surface area contributed by atoms with Crippen LogP contribution in [-0.2, 0) is 4.79 Å². The molecule has 114 valence electrons. The molecule has 0 N–H and O–H groups in total. The fraction of sp³-hybridized carbons (Fsp3) is 0.737. The van der Waals surface area contributed by atoms with Crippen molar-refractivity contribution < 1.29 is 4.79 Å². The first-order valence-corrected chi connectivity index (χ1v) is 8.55. The third-order valence-corrected chi connectivity index (χ3v) is 4.70. The lowest BCUT2D eigenvalue weighted by atomic mass is 9.72. The molecule has 1 rings (SSSR count). The van der Waals surface area contributed by atoms with Crippen molar-refractivity contribution in [2.75, 3.05) is 0 Å². The van der Waals surface area contributed by atoms with Gasteiger partial charge in [0.15, 0.2) is 5.78 Å². The van der Waals surface area contributed by atoms with Crippen LogP contribution in [0.4, 0.5) is 0 Å². The molecule has 0 saturated heterocycles. The maximum absolute atomic E-state index is 12.6. The zero-order chi connectivity index (χ0) is 15.1. The summed E-state index contributed by atoms with van der Waals surface area (Å²) in [5.41, 5.74) is 3.76. The molecule has 0 amide bonds. The van der Waals surface area contributed by atoms with Crippen LogP contribution in [0.3, 0.4) is 0 Å². The van der Waals surface area contributed by atoms with E-state index in [-0.39, 0.29) is 0 Å². The topological polar surface area (TPSA) is 17.1 Å². The summed E-state index contributed by atoms with van der Waals surface area (Å²) in [7, 11) is 0. The third kappa shape index (κ3) is 3.84. The first kappa shape index (κ1) is 17.2. The van der Waals surface area contributed by atoms with Gasteiger partial charge in [-0.2, -0.15) is 0 Å². The minimum absolute atomic E-state index is 0.405. The van der Waals surface area contributed by atoms with E-state index in [9.17, 15) is 4.79 Å². The summed E-state index contributed by atoms with van der Waals surface area (Å²) in [6, 6.07) is 0. The molecule has 0 aliphatic heterocycles. The van der Waals surface area contributed by atoms with Gasteiger partial charge in [0.1, 0.15) is 0 Å². The van der Waals surface area contributed by atoms with Crippen LogP contribution in [0.15, 0.2) is 23.3 Å². The van der Waals surface area contributed by atoms with Gasteiger partial charge in [0.2, 0.25) is 0 Å². The van der Waals surface area contributed by atoms with Crippen LogP contribution in [0.5, 0.6) is 0 Å². The minimum atomic E-state index is 0.405. The Kier molecular flexibility index (Phi) is 7.26. The van der Waals surface area contributed by atoms with Gasteiger partial charge in [-0.1, -0.05) is 52.7 Å². The molecule has 0 aromatic carbocycles. The SMILES string of the molecule is C=C1CCC(=O)C(C(CC)CCC)=C1C(CC)CCC. The van der Waals surface area contributed by atoms with E-state index < -0.39 is 0 Å². The summed E-state index contributed by atoms with van der Waals surface area (Å²) in [5.74, 6) is 1.39. The number of rotatable bonds is 8. The Bertz CT molecular complexity index is 339. The van der Waals surface area contributed by atoms with Gasteiger partial charge in [-0.3, -0.25) is 4.79 Å². The van der Waals surface area contributed by atoms with Crippen LogP contribution < -0.4 is 0 Å². The van der Waals surface area contributed by atoms with Crippen molar-refractivity contribution in [2.45, 2.75) is 79.1 Å². The molecule has 1 aliphatic rings. The summed E-state index contributed by atoms with van der Waals surface area (Å²) in [6.07, 6.45) is 8.42. The van der Waals surface area contributed by atoms with E-state index in [0.29, 0.717) is 24.0 Å². The predicted molar refractivity (Wildman–Crippen MR) is 87.8 cm³/mol. The average Bonchev–Trinajstić information content (AvgIpc) is 2.45. The van der Waals surface area contributed by atoms with Crippen molar-refractivity contribution in [1.82, 2.24) is 0 Å². The number of ketones is 1. The maximum atomic E-state index is 12.6. The molecule has 1 aliphatic carbocycles. The lowest BCUT2D eigenvalue weighted by Crippen LogP contribution is -2.24. The fourth-order valence-electron chi connectivity index (χ4n) is 3.63. The Morgan fingerprint density at radius 3 is 1.85 bits per heavy atom. The second-order valence-electron chi connectivity index (χ2n) is 6.14. The fourth-order valence-corrected chi connectivity index (χ4v) is 3.63. The molecule has 0 fully saturated rings. The summed E-state index contributed by atoms with van der Waals surface area (Å²) >= 11 is 0. The summed E-state index contributed by atoms with van der Waals surface area (Å²) in [6.45, 7) is 13.2. The van der Waals surface area contributed by atoms with Crippen molar-refractivity contribution in [3.05, 3.63) is 23.3 Å². The monoisotopic (exact) mass is 276 g/mol. The number of carbonyl (C=O) groups is 1. The van der Waals surface area contributed by atoms with Gasteiger partial charge in [0, 0.05) is 12.0 Å². The highest BCUT2D eigenvalue weighted by molar-refractivity contribution is 5.99. The molecule has 0 spiro atoms. The van der Waals surface area contributed by atoms with Crippen LogP contribution in [0.2, 0.25) is 0 Å². The minimum Gasteiger partial charge on any atom is -0.295 e. The average molecular weight is 276 g/mol. The molecule has 2 atom stereocenters. The smallest absolute Gasteiger partial charge is 0.159 e. The van der Waals surface area contributed by atoms with Gasteiger partial charge >= 0.3 is 0 Å². The number of Topliss-reactive ketones (excluding diaryl/α,β-unsaturated/α-hetero) is 1. The van der Waals surface area contributed by atoms with Crippen molar-refractivity contribution in [2.24, 2.45) is 11.8 Å². The molecule has 2 unspecified atom stereocenters. The van der Waals surface area contributed by atoms with Gasteiger partial charge in [-0.05, 0) is 49.5 Å². The quantitative estimate of drug-likeness (QED) is 0.543. The molecule has 1 nitrogen and oxygen atoms in total. The molecule has 0 radical (unpaired) electrons. The number of allylic oxidation sites excluding steroid dienone is 3. The number of hydrogen-bond acceptors (Lipinski definition) is 1. The van der Waals surface area contributed by atoms with Gasteiger partial charge in [-0.25, -0.2) is 0 Å². The molecule has 20 heavy (non-hydrogen) atoms. The van der Waals surface area contributed by atoms with E-state index in [1.54, 1.807) is 0 Å². The zero-order valence-corrected chi connectivity index (χ0v) is 13.9. The summed E-state index contributed by atoms with van der Waals surface area (Å²) in [5, 5.41) is 0. The normalized spacial score (nSPS) is 19.4. The number of carbonyl (C=O) groups excluding carboxylic acids is 1. The Morgan fingerprint density at radius 1 is 0.900 bits per heavy atom. The van der Waals surface area contributed by atoms with E-state index in [4.69, 9.17) is 0 Å². The van der Waals surface area contributed by atoms with Gasteiger partial charge in [-0.15, -0.1) is 0 Å². The van der Waals surface area contributed by atoms with E-state index in [2.05, 4.69) is 34.3 Å². The molecular weight excluding hydrogens is 244 g/mol. The first-order chi connectivity index (χ1) is 9.60. The molecule has 0 bridgehead atoms. The third-order valence-electron chi connectivity index (χ3n) is 4.70. The second-order valence-corrected chi connectivity index (χ2v) is 6.14. The van der Waals surface area contributed by atoms with E-state index in [0.717, 1.165) is 37.7 Å². The Hall–Kier alpha value is -0.850. The molecular formula is C19H32O. The van der Waals surface area contributed by atoms with Crippen molar-refractivity contribution >= 4 is 5.78 Å².